The third-order valence-electron chi connectivity index (χ3n) is 4.91. The molecular weight excluding hydrogens is 366 g/mol. The smallest absolute Gasteiger partial charge is 0.335 e. The Kier molecular flexibility index (Phi) is 4.97. The lowest BCUT2D eigenvalue weighted by Crippen LogP contribution is -2.01. The van der Waals surface area contributed by atoms with Crippen molar-refractivity contribution in [2.75, 3.05) is 0 Å². The SMILES string of the molecule is Cc1ccc2c(Sc3cccc(C(=O)O)c3)c(C)n(Cc3ccccc3)c2c1. The zero-order chi connectivity index (χ0) is 19.7. The zero-order valence-corrected chi connectivity index (χ0v) is 16.7. The number of aromatic nitrogens is 1. The van der Waals surface area contributed by atoms with Gasteiger partial charge < -0.3 is 9.67 Å². The van der Waals surface area contributed by atoms with Crippen molar-refractivity contribution >= 4 is 28.6 Å². The summed E-state index contributed by atoms with van der Waals surface area (Å²) < 4.78 is 2.35. The molecule has 0 unspecified atom stereocenters. The summed E-state index contributed by atoms with van der Waals surface area (Å²) >= 11 is 1.63. The summed E-state index contributed by atoms with van der Waals surface area (Å²) in [7, 11) is 0. The first kappa shape index (κ1) is 18.4. The van der Waals surface area contributed by atoms with Gasteiger partial charge in [-0.25, -0.2) is 4.79 Å². The second kappa shape index (κ2) is 7.56. The van der Waals surface area contributed by atoms with Gasteiger partial charge in [0.05, 0.1) is 5.56 Å². The van der Waals surface area contributed by atoms with Crippen molar-refractivity contribution in [1.82, 2.24) is 4.57 Å². The topological polar surface area (TPSA) is 42.2 Å². The van der Waals surface area contributed by atoms with E-state index >= 15 is 0 Å². The molecule has 0 aliphatic carbocycles. The number of aromatic carboxylic acids is 1. The van der Waals surface area contributed by atoms with Gasteiger partial charge in [-0.1, -0.05) is 60.3 Å². The van der Waals surface area contributed by atoms with Crippen molar-refractivity contribution in [3.8, 4) is 0 Å². The number of carboxylic acid groups (broad SMARTS) is 1. The second-order valence-corrected chi connectivity index (χ2v) is 8.03. The van der Waals surface area contributed by atoms with E-state index in [0.717, 1.165) is 11.4 Å². The molecule has 1 aromatic heterocycles. The van der Waals surface area contributed by atoms with Crippen LogP contribution < -0.4 is 0 Å². The molecule has 0 aliphatic rings. The van der Waals surface area contributed by atoms with E-state index in [4.69, 9.17) is 0 Å². The molecule has 0 saturated heterocycles. The summed E-state index contributed by atoms with van der Waals surface area (Å²) in [4.78, 5) is 13.4. The van der Waals surface area contributed by atoms with E-state index in [0.29, 0.717) is 5.56 Å². The standard InChI is InChI=1S/C24H21NO2S/c1-16-11-12-21-22(13-16)25(15-18-7-4-3-5-8-18)17(2)23(21)28-20-10-6-9-19(14-20)24(26)27/h3-14H,15H2,1-2H3,(H,26,27). The van der Waals surface area contributed by atoms with Crippen LogP contribution in [0.25, 0.3) is 10.9 Å². The third-order valence-corrected chi connectivity index (χ3v) is 6.12. The lowest BCUT2D eigenvalue weighted by molar-refractivity contribution is 0.0696. The molecule has 140 valence electrons. The second-order valence-electron chi connectivity index (χ2n) is 6.94. The molecule has 0 bridgehead atoms. The number of carboxylic acids is 1. The van der Waals surface area contributed by atoms with Gasteiger partial charge in [0.15, 0.2) is 0 Å². The number of rotatable bonds is 5. The van der Waals surface area contributed by atoms with Crippen LogP contribution in [0.2, 0.25) is 0 Å². The monoisotopic (exact) mass is 387 g/mol. The number of benzene rings is 3. The molecule has 3 aromatic carbocycles. The van der Waals surface area contributed by atoms with E-state index in [1.54, 1.807) is 30.0 Å². The minimum absolute atomic E-state index is 0.312. The Hall–Kier alpha value is -2.98. The van der Waals surface area contributed by atoms with Gasteiger partial charge in [0.2, 0.25) is 0 Å². The highest BCUT2D eigenvalue weighted by Gasteiger charge is 2.16. The van der Waals surface area contributed by atoms with Gasteiger partial charge in [0.1, 0.15) is 0 Å². The van der Waals surface area contributed by atoms with E-state index in [9.17, 15) is 9.90 Å². The van der Waals surface area contributed by atoms with Crippen molar-refractivity contribution in [3.05, 3.63) is 95.2 Å². The van der Waals surface area contributed by atoms with Gasteiger partial charge in [-0.3, -0.25) is 0 Å². The maximum atomic E-state index is 11.3. The van der Waals surface area contributed by atoms with E-state index in [1.807, 2.05) is 12.1 Å². The van der Waals surface area contributed by atoms with Crippen LogP contribution in [-0.2, 0) is 6.54 Å². The highest BCUT2D eigenvalue weighted by atomic mass is 32.2. The predicted octanol–water partition coefficient (Wildman–Crippen LogP) is 6.16. The molecule has 4 aromatic rings. The summed E-state index contributed by atoms with van der Waals surface area (Å²) in [6.45, 7) is 5.06. The molecule has 3 nitrogen and oxygen atoms in total. The molecule has 4 rings (SSSR count). The molecule has 0 fully saturated rings. The molecule has 0 spiro atoms. The Balaban J connectivity index is 1.81. The zero-order valence-electron chi connectivity index (χ0n) is 15.8. The fourth-order valence-corrected chi connectivity index (χ4v) is 4.57. The highest BCUT2D eigenvalue weighted by molar-refractivity contribution is 7.99. The largest absolute Gasteiger partial charge is 0.478 e. The average molecular weight is 388 g/mol. The molecule has 1 heterocycles. The summed E-state index contributed by atoms with van der Waals surface area (Å²) in [5.74, 6) is -0.902. The number of fused-ring (bicyclic) bond motifs is 1. The summed E-state index contributed by atoms with van der Waals surface area (Å²) in [5, 5.41) is 10.5. The van der Waals surface area contributed by atoms with E-state index in [-0.39, 0.29) is 0 Å². The van der Waals surface area contributed by atoms with Crippen molar-refractivity contribution in [2.45, 2.75) is 30.2 Å². The average Bonchev–Trinajstić information content (AvgIpc) is 2.94. The molecular formula is C24H21NO2S. The summed E-state index contributed by atoms with van der Waals surface area (Å²) in [5.41, 5.74) is 5.19. The van der Waals surface area contributed by atoms with Crippen LogP contribution in [0.4, 0.5) is 0 Å². The lowest BCUT2D eigenvalue weighted by Gasteiger charge is -2.09. The van der Waals surface area contributed by atoms with E-state index < -0.39 is 5.97 Å². The Bertz CT molecular complexity index is 1160. The normalized spacial score (nSPS) is 11.1. The molecule has 0 radical (unpaired) electrons. The quantitative estimate of drug-likeness (QED) is 0.446. The molecule has 28 heavy (non-hydrogen) atoms. The first-order chi connectivity index (χ1) is 13.5. The molecule has 0 saturated carbocycles. The van der Waals surface area contributed by atoms with Gasteiger partial charge in [0.25, 0.3) is 0 Å². The number of hydrogen-bond acceptors (Lipinski definition) is 2. The van der Waals surface area contributed by atoms with Crippen molar-refractivity contribution in [1.29, 1.82) is 0 Å². The van der Waals surface area contributed by atoms with Crippen LogP contribution >= 0.6 is 11.8 Å². The third kappa shape index (κ3) is 3.56. The van der Waals surface area contributed by atoms with Gasteiger partial charge >= 0.3 is 5.97 Å². The van der Waals surface area contributed by atoms with E-state index in [2.05, 4.69) is 60.9 Å². The minimum Gasteiger partial charge on any atom is -0.478 e. The first-order valence-electron chi connectivity index (χ1n) is 9.17. The molecule has 0 atom stereocenters. The van der Waals surface area contributed by atoms with Crippen LogP contribution in [0.1, 0.15) is 27.2 Å². The number of nitrogens with zero attached hydrogens (tertiary/aromatic N) is 1. The number of hydrogen-bond donors (Lipinski definition) is 1. The van der Waals surface area contributed by atoms with Gasteiger partial charge in [-0.2, -0.15) is 0 Å². The highest BCUT2D eigenvalue weighted by Crippen LogP contribution is 2.39. The first-order valence-corrected chi connectivity index (χ1v) is 9.99. The van der Waals surface area contributed by atoms with Crippen LogP contribution in [0.15, 0.2) is 82.6 Å². The summed E-state index contributed by atoms with van der Waals surface area (Å²) in [6.07, 6.45) is 0. The van der Waals surface area contributed by atoms with Gasteiger partial charge in [-0.05, 0) is 49.2 Å². The Morgan fingerprint density at radius 2 is 1.75 bits per heavy atom. The fourth-order valence-electron chi connectivity index (χ4n) is 3.46. The molecule has 0 aliphatic heterocycles. The fraction of sp³-hybridized carbons (Fsp3) is 0.125. The van der Waals surface area contributed by atoms with Crippen molar-refractivity contribution in [2.24, 2.45) is 0 Å². The van der Waals surface area contributed by atoms with Crippen LogP contribution in [0.3, 0.4) is 0 Å². The van der Waals surface area contributed by atoms with Crippen molar-refractivity contribution in [3.63, 3.8) is 0 Å². The van der Waals surface area contributed by atoms with E-state index in [1.165, 1.54) is 32.6 Å². The maximum Gasteiger partial charge on any atom is 0.335 e. The van der Waals surface area contributed by atoms with Crippen LogP contribution in [0.5, 0.6) is 0 Å². The Morgan fingerprint density at radius 3 is 2.50 bits per heavy atom. The molecule has 0 amide bonds. The Morgan fingerprint density at radius 1 is 0.964 bits per heavy atom. The Labute approximate surface area is 168 Å². The van der Waals surface area contributed by atoms with Gasteiger partial charge in [-0.15, -0.1) is 0 Å². The van der Waals surface area contributed by atoms with Gasteiger partial charge in [0, 0.05) is 32.9 Å². The maximum absolute atomic E-state index is 11.3. The minimum atomic E-state index is -0.902. The van der Waals surface area contributed by atoms with Crippen LogP contribution in [0, 0.1) is 13.8 Å². The number of carbonyl (C=O) groups is 1. The number of aryl methyl sites for hydroxylation is 1. The van der Waals surface area contributed by atoms with Crippen molar-refractivity contribution < 1.29 is 9.90 Å². The molecule has 1 N–H and O–H groups in total. The lowest BCUT2D eigenvalue weighted by atomic mass is 10.2. The van der Waals surface area contributed by atoms with Crippen LogP contribution in [-0.4, -0.2) is 15.6 Å². The summed E-state index contributed by atoms with van der Waals surface area (Å²) in [6, 6.07) is 24.1. The molecule has 4 heteroatoms. The predicted molar refractivity (Wildman–Crippen MR) is 114 cm³/mol.